The maximum Gasteiger partial charge on any atom is 0.247 e. The Morgan fingerprint density at radius 2 is 1.77 bits per heavy atom. The van der Waals surface area contributed by atoms with Crippen LogP contribution in [0.25, 0.3) is 0 Å². The van der Waals surface area contributed by atoms with Crippen LogP contribution in [0.2, 0.25) is 5.02 Å². The second-order valence-corrected chi connectivity index (χ2v) is 8.47. The fraction of sp³-hybridized carbons (Fsp3) is 0.417. The summed E-state index contributed by atoms with van der Waals surface area (Å²) in [5.74, 6) is -0.109. The molecule has 5 nitrogen and oxygen atoms in total. The zero-order valence-electron chi connectivity index (χ0n) is 17.7. The van der Waals surface area contributed by atoms with Crippen molar-refractivity contribution in [2.45, 2.75) is 50.7 Å². The second-order valence-electron chi connectivity index (χ2n) is 7.76. The number of para-hydroxylation sites is 1. The van der Waals surface area contributed by atoms with Gasteiger partial charge in [-0.25, -0.2) is 0 Å². The standard InChI is InChI=1S/C24H28Cl2N2O3/c1-31-21-10-6-5-7-18(21)16-28(22(29)15-25)23(17-11-13-19(26)14-12-17)24(30)27-20-8-3-2-4-9-20/h5-7,10-14,20,23H,2-4,8-9,15-16H2,1H3,(H,27,30)/t23-/m1/s1. The number of nitrogens with zero attached hydrogens (tertiary/aromatic N) is 1. The van der Waals surface area contributed by atoms with Crippen molar-refractivity contribution in [3.63, 3.8) is 0 Å². The summed E-state index contributed by atoms with van der Waals surface area (Å²) in [4.78, 5) is 28.0. The molecule has 2 aromatic rings. The molecule has 0 radical (unpaired) electrons. The third kappa shape index (κ3) is 6.14. The molecule has 1 aliphatic carbocycles. The van der Waals surface area contributed by atoms with Crippen LogP contribution in [0.4, 0.5) is 0 Å². The molecule has 31 heavy (non-hydrogen) atoms. The highest BCUT2D eigenvalue weighted by Gasteiger charge is 2.33. The van der Waals surface area contributed by atoms with Gasteiger partial charge in [-0.15, -0.1) is 11.6 Å². The van der Waals surface area contributed by atoms with Gasteiger partial charge in [0, 0.05) is 16.6 Å². The number of alkyl halides is 1. The molecule has 0 aliphatic heterocycles. The van der Waals surface area contributed by atoms with Gasteiger partial charge >= 0.3 is 0 Å². The summed E-state index contributed by atoms with van der Waals surface area (Å²) in [6.07, 6.45) is 5.30. The quantitative estimate of drug-likeness (QED) is 0.554. The molecule has 7 heteroatoms. The van der Waals surface area contributed by atoms with E-state index in [9.17, 15) is 9.59 Å². The van der Waals surface area contributed by atoms with E-state index < -0.39 is 6.04 Å². The van der Waals surface area contributed by atoms with Gasteiger partial charge in [-0.05, 0) is 36.6 Å². The number of methoxy groups -OCH3 is 1. The number of rotatable bonds is 8. The van der Waals surface area contributed by atoms with E-state index >= 15 is 0 Å². The number of halogens is 2. The largest absolute Gasteiger partial charge is 0.496 e. The first-order valence-corrected chi connectivity index (χ1v) is 11.5. The van der Waals surface area contributed by atoms with E-state index in [2.05, 4.69) is 5.32 Å². The fourth-order valence-electron chi connectivity index (χ4n) is 4.06. The van der Waals surface area contributed by atoms with Crippen molar-refractivity contribution < 1.29 is 14.3 Å². The lowest BCUT2D eigenvalue weighted by Crippen LogP contribution is -2.47. The molecule has 0 unspecified atom stereocenters. The van der Waals surface area contributed by atoms with Gasteiger partial charge in [0.05, 0.1) is 13.7 Å². The summed E-state index contributed by atoms with van der Waals surface area (Å²) in [5.41, 5.74) is 1.49. The molecule has 166 valence electrons. The molecule has 0 heterocycles. The molecule has 1 fully saturated rings. The summed E-state index contributed by atoms with van der Waals surface area (Å²) < 4.78 is 5.45. The highest BCUT2D eigenvalue weighted by atomic mass is 35.5. The number of nitrogens with one attached hydrogen (secondary N) is 1. The summed E-state index contributed by atoms with van der Waals surface area (Å²) in [5, 5.41) is 3.73. The van der Waals surface area contributed by atoms with Crippen molar-refractivity contribution >= 4 is 35.0 Å². The zero-order chi connectivity index (χ0) is 22.2. The zero-order valence-corrected chi connectivity index (χ0v) is 19.2. The Kier molecular flexibility index (Phi) is 8.61. The van der Waals surface area contributed by atoms with Gasteiger partial charge in [-0.2, -0.15) is 0 Å². The monoisotopic (exact) mass is 462 g/mol. The van der Waals surface area contributed by atoms with E-state index in [0.29, 0.717) is 16.3 Å². The summed E-state index contributed by atoms with van der Waals surface area (Å²) >= 11 is 12.0. The Hall–Kier alpha value is -2.24. The van der Waals surface area contributed by atoms with Crippen LogP contribution in [0.1, 0.15) is 49.3 Å². The summed E-state index contributed by atoms with van der Waals surface area (Å²) in [6.45, 7) is 0.195. The molecule has 0 bridgehead atoms. The number of carbonyl (C=O) groups is 2. The minimum absolute atomic E-state index is 0.121. The van der Waals surface area contributed by atoms with Crippen LogP contribution < -0.4 is 10.1 Å². The second kappa shape index (κ2) is 11.4. The van der Waals surface area contributed by atoms with E-state index in [1.807, 2.05) is 24.3 Å². The van der Waals surface area contributed by atoms with Gasteiger partial charge in [-0.3, -0.25) is 9.59 Å². The van der Waals surface area contributed by atoms with E-state index in [4.69, 9.17) is 27.9 Å². The molecule has 0 spiro atoms. The number of hydrogen-bond acceptors (Lipinski definition) is 3. The first kappa shape index (κ1) is 23.4. The molecule has 1 saturated carbocycles. The summed E-state index contributed by atoms with van der Waals surface area (Å²) in [7, 11) is 1.58. The van der Waals surface area contributed by atoms with Crippen molar-refractivity contribution in [2.75, 3.05) is 13.0 Å². The number of hydrogen-bond donors (Lipinski definition) is 1. The molecule has 0 saturated heterocycles. The van der Waals surface area contributed by atoms with Gasteiger partial charge in [0.15, 0.2) is 0 Å². The normalized spacial score (nSPS) is 15.2. The first-order chi connectivity index (χ1) is 15.0. The molecular weight excluding hydrogens is 435 g/mol. The molecule has 3 rings (SSSR count). The van der Waals surface area contributed by atoms with Crippen LogP contribution in [0.5, 0.6) is 5.75 Å². The third-order valence-corrected chi connectivity index (χ3v) is 6.15. The summed E-state index contributed by atoms with van der Waals surface area (Å²) in [6, 6.07) is 13.8. The molecule has 2 amide bonds. The van der Waals surface area contributed by atoms with Gasteiger partial charge < -0.3 is 15.0 Å². The maximum absolute atomic E-state index is 13.5. The van der Waals surface area contributed by atoms with Crippen molar-refractivity contribution in [2.24, 2.45) is 0 Å². The van der Waals surface area contributed by atoms with E-state index in [1.165, 1.54) is 11.3 Å². The molecule has 1 N–H and O–H groups in total. The SMILES string of the molecule is COc1ccccc1CN(C(=O)CCl)[C@@H](C(=O)NC1CCCCC1)c1ccc(Cl)cc1. The average molecular weight is 463 g/mol. The molecular formula is C24H28Cl2N2O3. The van der Waals surface area contributed by atoms with E-state index in [0.717, 1.165) is 31.2 Å². The van der Waals surface area contributed by atoms with Crippen molar-refractivity contribution in [3.8, 4) is 5.75 Å². The molecule has 1 atom stereocenters. The van der Waals surface area contributed by atoms with Gasteiger partial charge in [0.2, 0.25) is 11.8 Å². The highest BCUT2D eigenvalue weighted by Crippen LogP contribution is 2.29. The number of amides is 2. The van der Waals surface area contributed by atoms with E-state index in [-0.39, 0.29) is 30.3 Å². The Labute approximate surface area is 193 Å². The lowest BCUT2D eigenvalue weighted by atomic mass is 9.94. The van der Waals surface area contributed by atoms with Crippen molar-refractivity contribution in [3.05, 3.63) is 64.7 Å². The van der Waals surface area contributed by atoms with Crippen LogP contribution in [0, 0.1) is 0 Å². The molecule has 1 aliphatic rings. The van der Waals surface area contributed by atoms with E-state index in [1.54, 1.807) is 31.4 Å². The minimum Gasteiger partial charge on any atom is -0.496 e. The number of benzene rings is 2. The van der Waals surface area contributed by atoms with Crippen LogP contribution in [0.3, 0.4) is 0 Å². The van der Waals surface area contributed by atoms with Gasteiger partial charge in [-0.1, -0.05) is 61.2 Å². The van der Waals surface area contributed by atoms with Crippen LogP contribution in [-0.2, 0) is 16.1 Å². The van der Waals surface area contributed by atoms with Crippen LogP contribution >= 0.6 is 23.2 Å². The predicted octanol–water partition coefficient (Wildman–Crippen LogP) is 5.11. The smallest absolute Gasteiger partial charge is 0.247 e. The number of carbonyl (C=O) groups excluding carboxylic acids is 2. The highest BCUT2D eigenvalue weighted by molar-refractivity contribution is 6.30. The van der Waals surface area contributed by atoms with Gasteiger partial charge in [0.1, 0.15) is 17.7 Å². The minimum atomic E-state index is -0.824. The Morgan fingerprint density at radius 3 is 2.42 bits per heavy atom. The molecule has 0 aromatic heterocycles. The first-order valence-electron chi connectivity index (χ1n) is 10.6. The lowest BCUT2D eigenvalue weighted by Gasteiger charge is -2.33. The van der Waals surface area contributed by atoms with Crippen LogP contribution in [0.15, 0.2) is 48.5 Å². The Bertz CT molecular complexity index is 883. The lowest BCUT2D eigenvalue weighted by molar-refractivity contribution is -0.140. The average Bonchev–Trinajstić information content (AvgIpc) is 2.80. The topological polar surface area (TPSA) is 58.6 Å². The number of ether oxygens (including phenoxy) is 1. The van der Waals surface area contributed by atoms with Crippen molar-refractivity contribution in [1.82, 2.24) is 10.2 Å². The Morgan fingerprint density at radius 1 is 1.10 bits per heavy atom. The predicted molar refractivity (Wildman–Crippen MR) is 123 cm³/mol. The fourth-order valence-corrected chi connectivity index (χ4v) is 4.34. The third-order valence-electron chi connectivity index (χ3n) is 5.67. The van der Waals surface area contributed by atoms with Crippen LogP contribution in [-0.4, -0.2) is 35.7 Å². The van der Waals surface area contributed by atoms with Crippen molar-refractivity contribution in [1.29, 1.82) is 0 Å². The van der Waals surface area contributed by atoms with Gasteiger partial charge in [0.25, 0.3) is 0 Å². The Balaban J connectivity index is 1.96. The maximum atomic E-state index is 13.5. The molecule has 2 aromatic carbocycles.